The van der Waals surface area contributed by atoms with E-state index in [-0.39, 0.29) is 11.1 Å². The van der Waals surface area contributed by atoms with Crippen molar-refractivity contribution in [1.29, 1.82) is 0 Å². The van der Waals surface area contributed by atoms with Crippen LogP contribution in [0.25, 0.3) is 0 Å². The molecular formula is C15H14BrClFNO. The van der Waals surface area contributed by atoms with Gasteiger partial charge in [0.1, 0.15) is 17.3 Å². The first-order chi connectivity index (χ1) is 9.52. The molecule has 2 aromatic carbocycles. The molecule has 0 saturated heterocycles. The number of ether oxygens (including phenoxy) is 1. The average molecular weight is 359 g/mol. The predicted octanol–water partition coefficient (Wildman–Crippen LogP) is 5.44. The zero-order valence-corrected chi connectivity index (χ0v) is 13.2. The summed E-state index contributed by atoms with van der Waals surface area (Å²) >= 11 is 9.02. The molecule has 0 aliphatic rings. The molecule has 2 N–H and O–H groups in total. The molecule has 5 heteroatoms. The molecule has 0 saturated carbocycles. The first kappa shape index (κ1) is 15.3. The second kappa shape index (κ2) is 6.57. The normalized spacial score (nSPS) is 12.2. The SMILES string of the molecule is CC[C@@H](N)c1ccccc1Oc1cc(F)c(Cl)cc1Br. The van der Waals surface area contributed by atoms with Crippen LogP contribution in [-0.4, -0.2) is 0 Å². The van der Waals surface area contributed by atoms with Gasteiger partial charge in [-0.15, -0.1) is 0 Å². The smallest absolute Gasteiger partial charge is 0.145 e. The summed E-state index contributed by atoms with van der Waals surface area (Å²) in [6.45, 7) is 2.00. The monoisotopic (exact) mass is 357 g/mol. The van der Waals surface area contributed by atoms with E-state index in [9.17, 15) is 4.39 Å². The van der Waals surface area contributed by atoms with Gasteiger partial charge in [-0.05, 0) is 34.5 Å². The van der Waals surface area contributed by atoms with Gasteiger partial charge >= 0.3 is 0 Å². The van der Waals surface area contributed by atoms with Gasteiger partial charge in [0.25, 0.3) is 0 Å². The van der Waals surface area contributed by atoms with E-state index >= 15 is 0 Å². The van der Waals surface area contributed by atoms with Gasteiger partial charge < -0.3 is 10.5 Å². The van der Waals surface area contributed by atoms with Gasteiger partial charge in [0.15, 0.2) is 0 Å². The maximum Gasteiger partial charge on any atom is 0.145 e. The lowest BCUT2D eigenvalue weighted by atomic mass is 10.0. The molecule has 0 amide bonds. The van der Waals surface area contributed by atoms with E-state index in [2.05, 4.69) is 15.9 Å². The average Bonchev–Trinajstić information content (AvgIpc) is 2.44. The van der Waals surface area contributed by atoms with Crippen molar-refractivity contribution >= 4 is 27.5 Å². The number of halogens is 3. The van der Waals surface area contributed by atoms with Gasteiger partial charge in [0, 0.05) is 17.7 Å². The maximum atomic E-state index is 13.5. The van der Waals surface area contributed by atoms with Gasteiger partial charge in [0.2, 0.25) is 0 Å². The van der Waals surface area contributed by atoms with Crippen LogP contribution in [0.4, 0.5) is 4.39 Å². The highest BCUT2D eigenvalue weighted by atomic mass is 79.9. The van der Waals surface area contributed by atoms with Crippen molar-refractivity contribution in [2.24, 2.45) is 5.73 Å². The van der Waals surface area contributed by atoms with Crippen molar-refractivity contribution in [1.82, 2.24) is 0 Å². The van der Waals surface area contributed by atoms with Crippen molar-refractivity contribution in [3.8, 4) is 11.5 Å². The summed E-state index contributed by atoms with van der Waals surface area (Å²) in [7, 11) is 0. The second-order valence-corrected chi connectivity index (χ2v) is 5.61. The highest BCUT2D eigenvalue weighted by Gasteiger charge is 2.13. The number of benzene rings is 2. The summed E-state index contributed by atoms with van der Waals surface area (Å²) < 4.78 is 19.9. The van der Waals surface area contributed by atoms with Crippen LogP contribution in [0, 0.1) is 5.82 Å². The van der Waals surface area contributed by atoms with Crippen molar-refractivity contribution in [3.63, 3.8) is 0 Å². The molecular weight excluding hydrogens is 345 g/mol. The molecule has 2 rings (SSSR count). The zero-order chi connectivity index (χ0) is 14.7. The summed E-state index contributed by atoms with van der Waals surface area (Å²) in [6, 6.07) is 10.1. The lowest BCUT2D eigenvalue weighted by Crippen LogP contribution is -2.09. The maximum absolute atomic E-state index is 13.5. The minimum atomic E-state index is -0.526. The fraction of sp³-hybridized carbons (Fsp3) is 0.200. The Morgan fingerprint density at radius 3 is 2.70 bits per heavy atom. The van der Waals surface area contributed by atoms with E-state index in [0.29, 0.717) is 16.0 Å². The lowest BCUT2D eigenvalue weighted by Gasteiger charge is -2.16. The third-order valence-electron chi connectivity index (χ3n) is 2.95. The number of para-hydroxylation sites is 1. The standard InChI is InChI=1S/C15H14BrClFNO/c1-2-13(19)9-5-3-4-6-14(9)20-15-8-12(18)11(17)7-10(15)16/h3-8,13H,2,19H2,1H3/t13-/m1/s1. The largest absolute Gasteiger partial charge is 0.456 e. The van der Waals surface area contributed by atoms with E-state index in [1.165, 1.54) is 12.1 Å². The van der Waals surface area contributed by atoms with E-state index < -0.39 is 5.82 Å². The highest BCUT2D eigenvalue weighted by molar-refractivity contribution is 9.10. The Balaban J connectivity index is 2.38. The van der Waals surface area contributed by atoms with Crippen LogP contribution in [0.5, 0.6) is 11.5 Å². The Hall–Kier alpha value is -1.10. The topological polar surface area (TPSA) is 35.2 Å². The molecule has 2 aromatic rings. The molecule has 0 bridgehead atoms. The van der Waals surface area contributed by atoms with Gasteiger partial charge in [-0.25, -0.2) is 4.39 Å². The van der Waals surface area contributed by atoms with Crippen LogP contribution in [0.3, 0.4) is 0 Å². The molecule has 0 aliphatic heterocycles. The molecule has 2 nitrogen and oxygen atoms in total. The number of hydrogen-bond donors (Lipinski definition) is 1. The van der Waals surface area contributed by atoms with Crippen LogP contribution >= 0.6 is 27.5 Å². The Kier molecular flexibility index (Phi) is 5.02. The molecule has 106 valence electrons. The molecule has 0 unspecified atom stereocenters. The second-order valence-electron chi connectivity index (χ2n) is 4.35. The quantitative estimate of drug-likeness (QED) is 0.738. The Labute approximate surface area is 130 Å². The third-order valence-corrected chi connectivity index (χ3v) is 3.86. The van der Waals surface area contributed by atoms with Crippen molar-refractivity contribution in [2.45, 2.75) is 19.4 Å². The number of nitrogens with two attached hydrogens (primary N) is 1. The van der Waals surface area contributed by atoms with E-state index in [1.807, 2.05) is 31.2 Å². The van der Waals surface area contributed by atoms with Crippen LogP contribution in [-0.2, 0) is 0 Å². The fourth-order valence-corrected chi connectivity index (χ4v) is 2.52. The number of hydrogen-bond acceptors (Lipinski definition) is 2. The summed E-state index contributed by atoms with van der Waals surface area (Å²) in [6.07, 6.45) is 0.788. The summed E-state index contributed by atoms with van der Waals surface area (Å²) in [5, 5.41) is 0.0442. The molecule has 0 aromatic heterocycles. The molecule has 20 heavy (non-hydrogen) atoms. The van der Waals surface area contributed by atoms with Gasteiger partial charge in [-0.3, -0.25) is 0 Å². The first-order valence-electron chi connectivity index (χ1n) is 6.19. The van der Waals surface area contributed by atoms with Gasteiger partial charge in [0.05, 0.1) is 9.50 Å². The summed E-state index contributed by atoms with van der Waals surface area (Å²) in [5.41, 5.74) is 6.94. The highest BCUT2D eigenvalue weighted by Crippen LogP contribution is 2.36. The minimum absolute atomic E-state index is 0.0442. The van der Waals surface area contributed by atoms with Gasteiger partial charge in [-0.2, -0.15) is 0 Å². The predicted molar refractivity (Wildman–Crippen MR) is 82.8 cm³/mol. The minimum Gasteiger partial charge on any atom is -0.456 e. The summed E-state index contributed by atoms with van der Waals surface area (Å²) in [5.74, 6) is 0.453. The molecule has 0 radical (unpaired) electrons. The van der Waals surface area contributed by atoms with Crippen LogP contribution < -0.4 is 10.5 Å². The van der Waals surface area contributed by atoms with Crippen molar-refractivity contribution < 1.29 is 9.13 Å². The Bertz CT molecular complexity index is 621. The van der Waals surface area contributed by atoms with Crippen LogP contribution in [0.1, 0.15) is 24.9 Å². The Morgan fingerprint density at radius 1 is 1.30 bits per heavy atom. The molecule has 0 heterocycles. The van der Waals surface area contributed by atoms with Crippen molar-refractivity contribution in [2.75, 3.05) is 0 Å². The lowest BCUT2D eigenvalue weighted by molar-refractivity contribution is 0.461. The molecule has 1 atom stereocenters. The fourth-order valence-electron chi connectivity index (χ4n) is 1.80. The Morgan fingerprint density at radius 2 is 2.00 bits per heavy atom. The first-order valence-corrected chi connectivity index (χ1v) is 7.37. The summed E-state index contributed by atoms with van der Waals surface area (Å²) in [4.78, 5) is 0. The van der Waals surface area contributed by atoms with E-state index in [1.54, 1.807) is 0 Å². The van der Waals surface area contributed by atoms with Crippen LogP contribution in [0.2, 0.25) is 5.02 Å². The van der Waals surface area contributed by atoms with Crippen LogP contribution in [0.15, 0.2) is 40.9 Å². The third kappa shape index (κ3) is 3.32. The van der Waals surface area contributed by atoms with Gasteiger partial charge in [-0.1, -0.05) is 36.7 Å². The van der Waals surface area contributed by atoms with Crippen molar-refractivity contribution in [3.05, 3.63) is 57.3 Å². The molecule has 0 aliphatic carbocycles. The number of rotatable bonds is 4. The van der Waals surface area contributed by atoms with E-state index in [4.69, 9.17) is 22.1 Å². The molecule has 0 fully saturated rings. The van der Waals surface area contributed by atoms with E-state index in [0.717, 1.165) is 12.0 Å². The molecule has 0 spiro atoms. The zero-order valence-electron chi connectivity index (χ0n) is 10.9.